The second kappa shape index (κ2) is 6.89. The summed E-state index contributed by atoms with van der Waals surface area (Å²) in [7, 11) is 0. The molecule has 0 saturated heterocycles. The predicted molar refractivity (Wildman–Crippen MR) is 96.0 cm³/mol. The van der Waals surface area contributed by atoms with E-state index in [4.69, 9.17) is 4.74 Å². The average molecular weight is 342 g/mol. The fourth-order valence-electron chi connectivity index (χ4n) is 3.21. The van der Waals surface area contributed by atoms with Gasteiger partial charge in [0.05, 0.1) is 0 Å². The second-order valence-electron chi connectivity index (χ2n) is 6.72. The highest BCUT2D eigenvalue weighted by Gasteiger charge is 2.22. The van der Waals surface area contributed by atoms with Gasteiger partial charge in [-0.25, -0.2) is 4.79 Å². The van der Waals surface area contributed by atoms with Crippen molar-refractivity contribution in [3.63, 3.8) is 0 Å². The molecule has 24 heavy (non-hydrogen) atoms. The molecule has 0 amide bonds. The van der Waals surface area contributed by atoms with Crippen LogP contribution in [0.25, 0.3) is 0 Å². The predicted octanol–water partition coefficient (Wildman–Crippen LogP) is 4.53. The summed E-state index contributed by atoms with van der Waals surface area (Å²) >= 11 is 1.51. The standard InChI is InChI=1S/C20H22O3S/c1-12-4-6-16(14(3)8-12)17(21)11-23-20(22)19-10-15-9-13(2)5-7-18(15)24-19/h4,6,8,10,13H,5,7,9,11H2,1-3H3/t13-/m0/s1. The van der Waals surface area contributed by atoms with Crippen molar-refractivity contribution in [1.82, 2.24) is 0 Å². The number of carbonyl (C=O) groups excluding carboxylic acids is 2. The number of esters is 1. The minimum atomic E-state index is -0.389. The van der Waals surface area contributed by atoms with E-state index in [1.165, 1.54) is 28.2 Å². The minimum Gasteiger partial charge on any atom is -0.453 e. The molecule has 2 aromatic rings. The number of ketones is 1. The van der Waals surface area contributed by atoms with Crippen LogP contribution in [-0.2, 0) is 17.6 Å². The van der Waals surface area contributed by atoms with Crippen LogP contribution in [0.1, 0.15) is 54.9 Å². The number of carbonyl (C=O) groups is 2. The van der Waals surface area contributed by atoms with Crippen LogP contribution in [0.2, 0.25) is 0 Å². The van der Waals surface area contributed by atoms with Gasteiger partial charge in [-0.2, -0.15) is 0 Å². The second-order valence-corrected chi connectivity index (χ2v) is 7.86. The van der Waals surface area contributed by atoms with Crippen LogP contribution >= 0.6 is 11.3 Å². The zero-order valence-corrected chi connectivity index (χ0v) is 15.2. The summed E-state index contributed by atoms with van der Waals surface area (Å²) in [5, 5.41) is 0. The zero-order chi connectivity index (χ0) is 17.3. The lowest BCUT2D eigenvalue weighted by atomic mass is 9.90. The number of hydrogen-bond donors (Lipinski definition) is 0. The molecule has 0 bridgehead atoms. The molecule has 1 aliphatic carbocycles. The SMILES string of the molecule is Cc1ccc(C(=O)COC(=O)c2cc3c(s2)CC[C@H](C)C3)c(C)c1. The van der Waals surface area contributed by atoms with Crippen LogP contribution in [0, 0.1) is 19.8 Å². The van der Waals surface area contributed by atoms with E-state index in [-0.39, 0.29) is 18.4 Å². The van der Waals surface area contributed by atoms with Gasteiger partial charge in [-0.15, -0.1) is 11.3 Å². The Hall–Kier alpha value is -1.94. The van der Waals surface area contributed by atoms with E-state index in [0.717, 1.165) is 24.0 Å². The van der Waals surface area contributed by atoms with Crippen LogP contribution in [0.3, 0.4) is 0 Å². The maximum atomic E-state index is 12.3. The largest absolute Gasteiger partial charge is 0.453 e. The first kappa shape index (κ1) is 16.9. The van der Waals surface area contributed by atoms with Gasteiger partial charge in [-0.05, 0) is 56.2 Å². The Bertz CT molecular complexity index is 788. The van der Waals surface area contributed by atoms with Crippen molar-refractivity contribution in [2.75, 3.05) is 6.61 Å². The van der Waals surface area contributed by atoms with Crippen LogP contribution in [0.4, 0.5) is 0 Å². The number of rotatable bonds is 4. The van der Waals surface area contributed by atoms with Gasteiger partial charge in [0.25, 0.3) is 0 Å². The number of thiophene rings is 1. The van der Waals surface area contributed by atoms with Crippen LogP contribution in [-0.4, -0.2) is 18.4 Å². The van der Waals surface area contributed by atoms with E-state index in [2.05, 4.69) is 6.92 Å². The summed E-state index contributed by atoms with van der Waals surface area (Å²) in [6.45, 7) is 5.92. The number of fused-ring (bicyclic) bond motifs is 1. The molecule has 1 heterocycles. The number of Topliss-reactive ketones (excluding diaryl/α,β-unsaturated/α-hetero) is 1. The van der Waals surface area contributed by atoms with Crippen molar-refractivity contribution in [2.45, 2.75) is 40.0 Å². The van der Waals surface area contributed by atoms with E-state index in [1.807, 2.05) is 32.0 Å². The van der Waals surface area contributed by atoms with E-state index >= 15 is 0 Å². The van der Waals surface area contributed by atoms with E-state index in [0.29, 0.717) is 16.4 Å². The average Bonchev–Trinajstić information content (AvgIpc) is 2.95. The molecule has 1 aromatic carbocycles. The molecule has 3 nitrogen and oxygen atoms in total. The van der Waals surface area contributed by atoms with Gasteiger partial charge < -0.3 is 4.74 Å². The number of hydrogen-bond acceptors (Lipinski definition) is 4. The minimum absolute atomic E-state index is 0.157. The molecular formula is C20H22O3S. The molecular weight excluding hydrogens is 320 g/mol. The number of benzene rings is 1. The van der Waals surface area contributed by atoms with Crippen molar-refractivity contribution in [2.24, 2.45) is 5.92 Å². The molecule has 1 atom stereocenters. The molecule has 3 rings (SSSR count). The summed E-state index contributed by atoms with van der Waals surface area (Å²) in [6.07, 6.45) is 3.24. The topological polar surface area (TPSA) is 43.4 Å². The quantitative estimate of drug-likeness (QED) is 0.606. The zero-order valence-electron chi connectivity index (χ0n) is 14.3. The smallest absolute Gasteiger partial charge is 0.348 e. The Morgan fingerprint density at radius 3 is 2.79 bits per heavy atom. The molecule has 0 spiro atoms. The Balaban J connectivity index is 1.64. The van der Waals surface area contributed by atoms with Gasteiger partial charge in [0.1, 0.15) is 4.88 Å². The van der Waals surface area contributed by atoms with Gasteiger partial charge in [0.15, 0.2) is 6.61 Å². The van der Waals surface area contributed by atoms with E-state index in [9.17, 15) is 9.59 Å². The van der Waals surface area contributed by atoms with Crippen molar-refractivity contribution < 1.29 is 14.3 Å². The van der Waals surface area contributed by atoms with Crippen molar-refractivity contribution in [1.29, 1.82) is 0 Å². The maximum Gasteiger partial charge on any atom is 0.348 e. The summed E-state index contributed by atoms with van der Waals surface area (Å²) in [5.74, 6) is 0.123. The lowest BCUT2D eigenvalue weighted by Crippen LogP contribution is -2.14. The molecule has 1 aliphatic rings. The lowest BCUT2D eigenvalue weighted by Gasteiger charge is -2.16. The van der Waals surface area contributed by atoms with Gasteiger partial charge in [-0.3, -0.25) is 4.79 Å². The molecule has 0 aliphatic heterocycles. The first-order valence-corrected chi connectivity index (χ1v) is 9.15. The first-order valence-electron chi connectivity index (χ1n) is 8.33. The molecule has 126 valence electrons. The third kappa shape index (κ3) is 3.59. The number of aryl methyl sites for hydroxylation is 3. The van der Waals surface area contributed by atoms with Crippen LogP contribution in [0.15, 0.2) is 24.3 Å². The van der Waals surface area contributed by atoms with Gasteiger partial charge in [-0.1, -0.05) is 30.7 Å². The molecule has 0 saturated carbocycles. The summed E-state index contributed by atoms with van der Waals surface area (Å²) < 4.78 is 5.26. The maximum absolute atomic E-state index is 12.3. The Labute approximate surface area is 146 Å². The fraction of sp³-hybridized carbons (Fsp3) is 0.400. The first-order chi connectivity index (χ1) is 11.4. The summed E-state index contributed by atoms with van der Waals surface area (Å²) in [5.41, 5.74) is 3.91. The van der Waals surface area contributed by atoms with Gasteiger partial charge in [0, 0.05) is 10.4 Å². The highest BCUT2D eigenvalue weighted by molar-refractivity contribution is 7.14. The highest BCUT2D eigenvalue weighted by atomic mass is 32.1. The van der Waals surface area contributed by atoms with E-state index in [1.54, 1.807) is 6.07 Å². The van der Waals surface area contributed by atoms with Gasteiger partial charge >= 0.3 is 5.97 Å². The fourth-order valence-corrected chi connectivity index (χ4v) is 4.31. The normalized spacial score (nSPS) is 16.5. The molecule has 0 fully saturated rings. The van der Waals surface area contributed by atoms with E-state index < -0.39 is 0 Å². The lowest BCUT2D eigenvalue weighted by molar-refractivity contribution is 0.0479. The molecule has 0 N–H and O–H groups in total. The van der Waals surface area contributed by atoms with Crippen molar-refractivity contribution >= 4 is 23.1 Å². The number of ether oxygens (including phenoxy) is 1. The highest BCUT2D eigenvalue weighted by Crippen LogP contribution is 2.32. The third-order valence-corrected chi connectivity index (χ3v) is 5.76. The third-order valence-electron chi connectivity index (χ3n) is 4.55. The van der Waals surface area contributed by atoms with Crippen LogP contribution in [0.5, 0.6) is 0 Å². The van der Waals surface area contributed by atoms with Crippen molar-refractivity contribution in [3.05, 3.63) is 56.3 Å². The Morgan fingerprint density at radius 2 is 2.04 bits per heavy atom. The monoisotopic (exact) mass is 342 g/mol. The van der Waals surface area contributed by atoms with Gasteiger partial charge in [0.2, 0.25) is 5.78 Å². The molecule has 4 heteroatoms. The summed E-state index contributed by atoms with van der Waals surface area (Å²) in [4.78, 5) is 26.4. The summed E-state index contributed by atoms with van der Waals surface area (Å²) in [6, 6.07) is 7.60. The van der Waals surface area contributed by atoms with Crippen LogP contribution < -0.4 is 0 Å². The Morgan fingerprint density at radius 1 is 1.25 bits per heavy atom. The molecule has 0 unspecified atom stereocenters. The molecule has 0 radical (unpaired) electrons. The Kier molecular flexibility index (Phi) is 4.86. The molecule has 1 aromatic heterocycles. The van der Waals surface area contributed by atoms with Crippen molar-refractivity contribution in [3.8, 4) is 0 Å².